The molecule has 0 spiro atoms. The van der Waals surface area contributed by atoms with Crippen molar-refractivity contribution in [3.63, 3.8) is 0 Å². The molecular weight excluding hydrogens is 485 g/mol. The zero-order valence-electron chi connectivity index (χ0n) is 19.5. The average molecular weight is 506 g/mol. The van der Waals surface area contributed by atoms with Gasteiger partial charge in [-0.3, -0.25) is 19.7 Å². The topological polar surface area (TPSA) is 103 Å². The minimum Gasteiger partial charge on any atom is -0.371 e. The molecule has 6 rings (SSSR count). The SMILES string of the molecule is O=C(NCc1cc2nc(-c3cncc(C4CC4)n3)ccc2cn1)c1cnc2c(c1)[C@](F)(C(F)F)COC2. The monoisotopic (exact) mass is 506 g/mol. The van der Waals surface area contributed by atoms with E-state index < -0.39 is 24.6 Å². The summed E-state index contributed by atoms with van der Waals surface area (Å²) in [4.78, 5) is 34.8. The molecule has 5 heterocycles. The number of hydrogen-bond acceptors (Lipinski definition) is 7. The molecule has 11 heteroatoms. The Morgan fingerprint density at radius 3 is 2.76 bits per heavy atom. The van der Waals surface area contributed by atoms with E-state index in [2.05, 4.69) is 20.3 Å². The van der Waals surface area contributed by atoms with Crippen LogP contribution in [0.4, 0.5) is 13.2 Å². The van der Waals surface area contributed by atoms with E-state index in [0.29, 0.717) is 28.5 Å². The first kappa shape index (κ1) is 23.4. The molecule has 1 N–H and O–H groups in total. The highest BCUT2D eigenvalue weighted by molar-refractivity contribution is 5.94. The Morgan fingerprint density at radius 2 is 1.95 bits per heavy atom. The molecule has 37 heavy (non-hydrogen) atoms. The molecule has 1 atom stereocenters. The van der Waals surface area contributed by atoms with Crippen molar-refractivity contribution in [3.05, 3.63) is 77.3 Å². The highest BCUT2D eigenvalue weighted by Gasteiger charge is 2.47. The number of hydrogen-bond donors (Lipinski definition) is 1. The van der Waals surface area contributed by atoms with Crippen LogP contribution in [0.15, 0.2) is 49.1 Å². The Balaban J connectivity index is 1.20. The van der Waals surface area contributed by atoms with Crippen molar-refractivity contribution >= 4 is 16.8 Å². The van der Waals surface area contributed by atoms with Crippen LogP contribution < -0.4 is 5.32 Å². The van der Waals surface area contributed by atoms with Crippen molar-refractivity contribution in [1.82, 2.24) is 30.2 Å². The molecule has 1 saturated carbocycles. The van der Waals surface area contributed by atoms with E-state index in [-0.39, 0.29) is 30.0 Å². The van der Waals surface area contributed by atoms with Crippen LogP contribution >= 0.6 is 0 Å². The number of alkyl halides is 3. The minimum atomic E-state index is -3.31. The Morgan fingerprint density at radius 1 is 1.08 bits per heavy atom. The maximum Gasteiger partial charge on any atom is 0.278 e. The molecule has 0 saturated heterocycles. The highest BCUT2D eigenvalue weighted by Crippen LogP contribution is 2.39. The van der Waals surface area contributed by atoms with E-state index in [9.17, 15) is 18.0 Å². The van der Waals surface area contributed by atoms with E-state index in [4.69, 9.17) is 14.7 Å². The van der Waals surface area contributed by atoms with Crippen LogP contribution in [0.1, 0.15) is 51.8 Å². The van der Waals surface area contributed by atoms with E-state index in [1.807, 2.05) is 12.1 Å². The number of carbonyl (C=O) groups excluding carboxylic acids is 1. The summed E-state index contributed by atoms with van der Waals surface area (Å²) in [5, 5.41) is 3.50. The van der Waals surface area contributed by atoms with Crippen LogP contribution in [-0.4, -0.2) is 43.9 Å². The predicted octanol–water partition coefficient (Wildman–Crippen LogP) is 4.25. The molecular formula is C26H21F3N6O2. The molecule has 1 aliphatic heterocycles. The number of rotatable bonds is 6. The Hall–Kier alpha value is -3.99. The first-order valence-electron chi connectivity index (χ1n) is 11.8. The molecule has 0 aromatic carbocycles. The van der Waals surface area contributed by atoms with Crippen LogP contribution in [0.25, 0.3) is 22.3 Å². The maximum atomic E-state index is 14.9. The van der Waals surface area contributed by atoms with Gasteiger partial charge in [-0.05, 0) is 37.1 Å². The van der Waals surface area contributed by atoms with Gasteiger partial charge >= 0.3 is 0 Å². The fraction of sp³-hybridized carbons (Fsp3) is 0.308. The van der Waals surface area contributed by atoms with Crippen LogP contribution in [0.3, 0.4) is 0 Å². The smallest absolute Gasteiger partial charge is 0.278 e. The Bertz CT molecular complexity index is 1510. The van der Waals surface area contributed by atoms with Gasteiger partial charge in [-0.2, -0.15) is 0 Å². The molecule has 4 aromatic heterocycles. The van der Waals surface area contributed by atoms with E-state index >= 15 is 0 Å². The van der Waals surface area contributed by atoms with E-state index in [1.165, 1.54) is 6.20 Å². The summed E-state index contributed by atoms with van der Waals surface area (Å²) in [6.45, 7) is -0.841. The minimum absolute atomic E-state index is 0.0290. The van der Waals surface area contributed by atoms with E-state index in [1.54, 1.807) is 24.7 Å². The van der Waals surface area contributed by atoms with Gasteiger partial charge < -0.3 is 10.1 Å². The zero-order chi connectivity index (χ0) is 25.6. The first-order chi connectivity index (χ1) is 17.9. The third kappa shape index (κ3) is 4.50. The third-order valence-electron chi connectivity index (χ3n) is 6.55. The van der Waals surface area contributed by atoms with Gasteiger partial charge in [0.05, 0.1) is 59.8 Å². The van der Waals surface area contributed by atoms with Crippen LogP contribution in [0, 0.1) is 0 Å². The van der Waals surface area contributed by atoms with Crippen molar-refractivity contribution in [1.29, 1.82) is 0 Å². The van der Waals surface area contributed by atoms with Gasteiger partial charge in [-0.25, -0.2) is 23.1 Å². The lowest BCUT2D eigenvalue weighted by molar-refractivity contribution is -0.108. The predicted molar refractivity (Wildman–Crippen MR) is 126 cm³/mol. The standard InChI is InChI=1S/C26H21F3N6O2/c27-25(28)26(29)13-37-12-23-18(26)5-16(8-32-23)24(36)33-9-17-6-20-15(7-31-17)3-4-19(34-20)22-11-30-10-21(35-22)14-1-2-14/h3-8,10-11,14,25H,1-2,9,12-13H2,(H,33,36)/t26-/m0/s1. The van der Waals surface area contributed by atoms with Crippen molar-refractivity contribution < 1.29 is 22.7 Å². The lowest BCUT2D eigenvalue weighted by Crippen LogP contribution is -2.39. The molecule has 4 aromatic rings. The fourth-order valence-electron chi connectivity index (χ4n) is 4.30. The van der Waals surface area contributed by atoms with Gasteiger partial charge in [0.25, 0.3) is 12.3 Å². The number of halogens is 3. The van der Waals surface area contributed by atoms with Gasteiger partial charge in [-0.15, -0.1) is 0 Å². The quantitative estimate of drug-likeness (QED) is 0.417. The lowest BCUT2D eigenvalue weighted by atomic mass is 9.92. The third-order valence-corrected chi connectivity index (χ3v) is 6.55. The summed E-state index contributed by atoms with van der Waals surface area (Å²) < 4.78 is 46.6. The molecule has 0 radical (unpaired) electrons. The summed E-state index contributed by atoms with van der Waals surface area (Å²) in [6, 6.07) is 6.63. The number of fused-ring (bicyclic) bond motifs is 2. The number of nitrogens with zero attached hydrogens (tertiary/aromatic N) is 5. The van der Waals surface area contributed by atoms with Crippen LogP contribution in [0.2, 0.25) is 0 Å². The number of nitrogens with one attached hydrogen (secondary N) is 1. The molecule has 0 unspecified atom stereocenters. The molecule has 2 aliphatic rings. The fourth-order valence-corrected chi connectivity index (χ4v) is 4.30. The Kier molecular flexibility index (Phi) is 5.79. The summed E-state index contributed by atoms with van der Waals surface area (Å²) in [6.07, 6.45) is 5.28. The second-order valence-electron chi connectivity index (χ2n) is 9.23. The summed E-state index contributed by atoms with van der Waals surface area (Å²) >= 11 is 0. The molecule has 8 nitrogen and oxygen atoms in total. The number of amides is 1. The lowest BCUT2D eigenvalue weighted by Gasteiger charge is -2.30. The van der Waals surface area contributed by atoms with Crippen molar-refractivity contribution in [3.8, 4) is 11.4 Å². The second-order valence-corrected chi connectivity index (χ2v) is 9.23. The van der Waals surface area contributed by atoms with Gasteiger partial charge in [0.15, 0.2) is 0 Å². The van der Waals surface area contributed by atoms with Crippen LogP contribution in [0.5, 0.6) is 0 Å². The normalized spacial score (nSPS) is 19.1. The number of aromatic nitrogens is 5. The van der Waals surface area contributed by atoms with Crippen LogP contribution in [-0.2, 0) is 23.6 Å². The summed E-state index contributed by atoms with van der Waals surface area (Å²) in [5.41, 5.74) is 0.242. The zero-order valence-corrected chi connectivity index (χ0v) is 19.5. The van der Waals surface area contributed by atoms with Gasteiger partial charge in [0, 0.05) is 35.5 Å². The van der Waals surface area contributed by atoms with Crippen molar-refractivity contribution in [2.24, 2.45) is 0 Å². The number of ether oxygens (including phenoxy) is 1. The van der Waals surface area contributed by atoms with Crippen molar-refractivity contribution in [2.75, 3.05) is 6.61 Å². The van der Waals surface area contributed by atoms with Crippen molar-refractivity contribution in [2.45, 2.75) is 44.0 Å². The molecule has 1 amide bonds. The van der Waals surface area contributed by atoms with E-state index in [0.717, 1.165) is 30.0 Å². The number of carbonyl (C=O) groups is 1. The maximum absolute atomic E-state index is 14.9. The molecule has 1 fully saturated rings. The second kappa shape index (κ2) is 9.15. The largest absolute Gasteiger partial charge is 0.371 e. The molecule has 188 valence electrons. The van der Waals surface area contributed by atoms with Gasteiger partial charge in [0.2, 0.25) is 5.67 Å². The highest BCUT2D eigenvalue weighted by atomic mass is 19.3. The van der Waals surface area contributed by atoms with Gasteiger partial charge in [-0.1, -0.05) is 0 Å². The summed E-state index contributed by atoms with van der Waals surface area (Å²) in [5.74, 6) is -0.114. The molecule has 0 bridgehead atoms. The average Bonchev–Trinajstić information content (AvgIpc) is 3.77. The first-order valence-corrected chi connectivity index (χ1v) is 11.8. The molecule has 1 aliphatic carbocycles. The summed E-state index contributed by atoms with van der Waals surface area (Å²) in [7, 11) is 0. The Labute approximate surface area is 209 Å². The van der Waals surface area contributed by atoms with Gasteiger partial charge in [0.1, 0.15) is 5.69 Å². The number of pyridine rings is 3.